The first kappa shape index (κ1) is 14.2. The van der Waals surface area contributed by atoms with Gasteiger partial charge in [0.15, 0.2) is 5.96 Å². The highest BCUT2D eigenvalue weighted by Crippen LogP contribution is 1.98. The molecule has 0 fully saturated rings. The van der Waals surface area contributed by atoms with Crippen LogP contribution in [0.15, 0.2) is 4.99 Å². The lowest BCUT2D eigenvalue weighted by molar-refractivity contribution is 0.305. The lowest BCUT2D eigenvalue weighted by Gasteiger charge is -2.26. The average molecular weight is 214 g/mol. The minimum atomic E-state index is 0.609. The van der Waals surface area contributed by atoms with Crippen molar-refractivity contribution in [3.63, 3.8) is 0 Å². The average Bonchev–Trinajstić information content (AvgIpc) is 2.11. The van der Waals surface area contributed by atoms with Crippen LogP contribution in [0.4, 0.5) is 0 Å². The Bertz CT molecular complexity index is 187. The van der Waals surface area contributed by atoms with Crippen molar-refractivity contribution in [2.45, 2.75) is 20.8 Å². The Kier molecular flexibility index (Phi) is 7.13. The van der Waals surface area contributed by atoms with Crippen molar-refractivity contribution in [2.24, 2.45) is 16.6 Å². The molecular formula is C11H26N4. The van der Waals surface area contributed by atoms with Gasteiger partial charge in [0.25, 0.3) is 0 Å². The van der Waals surface area contributed by atoms with Crippen LogP contribution < -0.4 is 5.73 Å². The van der Waals surface area contributed by atoms with Crippen LogP contribution in [0.2, 0.25) is 0 Å². The van der Waals surface area contributed by atoms with Gasteiger partial charge in [0.2, 0.25) is 0 Å². The first-order valence-corrected chi connectivity index (χ1v) is 5.67. The number of hydrogen-bond donors (Lipinski definition) is 1. The summed E-state index contributed by atoms with van der Waals surface area (Å²) in [5.41, 5.74) is 5.92. The van der Waals surface area contributed by atoms with Gasteiger partial charge in [0, 0.05) is 26.2 Å². The van der Waals surface area contributed by atoms with Crippen LogP contribution in [0, 0.1) is 5.92 Å². The smallest absolute Gasteiger partial charge is 0.191 e. The molecule has 0 radical (unpaired) electrons. The van der Waals surface area contributed by atoms with Gasteiger partial charge in [0.05, 0.1) is 0 Å². The Morgan fingerprint density at radius 2 is 1.87 bits per heavy atom. The lowest BCUT2D eigenvalue weighted by atomic mass is 10.2. The summed E-state index contributed by atoms with van der Waals surface area (Å²) in [6, 6.07) is 0. The van der Waals surface area contributed by atoms with Crippen molar-refractivity contribution < 1.29 is 0 Å². The molecule has 15 heavy (non-hydrogen) atoms. The van der Waals surface area contributed by atoms with E-state index in [-0.39, 0.29) is 0 Å². The Labute approximate surface area is 94.1 Å². The summed E-state index contributed by atoms with van der Waals surface area (Å²) < 4.78 is 0. The second-order valence-corrected chi connectivity index (χ2v) is 4.48. The molecule has 4 nitrogen and oxygen atoms in total. The van der Waals surface area contributed by atoms with E-state index in [0.717, 1.165) is 26.2 Å². The molecule has 0 bridgehead atoms. The molecule has 0 spiro atoms. The molecule has 0 amide bonds. The van der Waals surface area contributed by atoms with Gasteiger partial charge in [-0.15, -0.1) is 0 Å². The first-order chi connectivity index (χ1) is 6.97. The number of guanidine groups is 1. The molecule has 0 heterocycles. The van der Waals surface area contributed by atoms with Crippen molar-refractivity contribution in [3.8, 4) is 0 Å². The molecule has 0 aliphatic heterocycles. The number of nitrogens with zero attached hydrogens (tertiary/aromatic N) is 3. The summed E-state index contributed by atoms with van der Waals surface area (Å²) in [7, 11) is 4.14. The topological polar surface area (TPSA) is 44.9 Å². The van der Waals surface area contributed by atoms with Gasteiger partial charge in [-0.3, -0.25) is 4.99 Å². The fourth-order valence-corrected chi connectivity index (χ4v) is 1.32. The maximum atomic E-state index is 5.92. The van der Waals surface area contributed by atoms with Crippen LogP contribution >= 0.6 is 0 Å². The fraction of sp³-hybridized carbons (Fsp3) is 0.909. The molecule has 90 valence electrons. The van der Waals surface area contributed by atoms with E-state index in [1.807, 2.05) is 6.92 Å². The predicted molar refractivity (Wildman–Crippen MR) is 67.1 cm³/mol. The van der Waals surface area contributed by atoms with Crippen LogP contribution in [-0.2, 0) is 0 Å². The maximum absolute atomic E-state index is 5.92. The van der Waals surface area contributed by atoms with E-state index in [0.29, 0.717) is 11.9 Å². The van der Waals surface area contributed by atoms with Crippen molar-refractivity contribution in [1.29, 1.82) is 0 Å². The zero-order valence-corrected chi connectivity index (χ0v) is 10.8. The summed E-state index contributed by atoms with van der Waals surface area (Å²) in [4.78, 5) is 8.58. The zero-order chi connectivity index (χ0) is 11.8. The lowest BCUT2D eigenvalue weighted by Crippen LogP contribution is -2.43. The van der Waals surface area contributed by atoms with Gasteiger partial charge in [0.1, 0.15) is 0 Å². The van der Waals surface area contributed by atoms with Gasteiger partial charge in [-0.1, -0.05) is 13.8 Å². The van der Waals surface area contributed by atoms with Gasteiger partial charge < -0.3 is 15.5 Å². The number of aliphatic imine (C=N–C) groups is 1. The van der Waals surface area contributed by atoms with Crippen LogP contribution in [-0.4, -0.2) is 56.0 Å². The minimum Gasteiger partial charge on any atom is -0.370 e. The fourth-order valence-electron chi connectivity index (χ4n) is 1.32. The number of hydrogen-bond acceptors (Lipinski definition) is 2. The highest BCUT2D eigenvalue weighted by molar-refractivity contribution is 5.78. The second kappa shape index (κ2) is 7.51. The Hall–Kier alpha value is -0.770. The molecule has 4 heteroatoms. The van der Waals surface area contributed by atoms with E-state index in [2.05, 4.69) is 42.7 Å². The summed E-state index contributed by atoms with van der Waals surface area (Å²) in [6.45, 7) is 10.1. The molecule has 0 aromatic rings. The molecule has 0 unspecified atom stereocenters. The zero-order valence-electron chi connectivity index (χ0n) is 10.8. The minimum absolute atomic E-state index is 0.609. The van der Waals surface area contributed by atoms with E-state index in [1.165, 1.54) is 0 Å². The van der Waals surface area contributed by atoms with E-state index >= 15 is 0 Å². The molecule has 0 aliphatic carbocycles. The molecular weight excluding hydrogens is 188 g/mol. The monoisotopic (exact) mass is 214 g/mol. The van der Waals surface area contributed by atoms with Gasteiger partial charge in [-0.05, 0) is 26.9 Å². The van der Waals surface area contributed by atoms with Crippen LogP contribution in [0.1, 0.15) is 20.8 Å². The molecule has 0 aliphatic rings. The summed E-state index contributed by atoms with van der Waals surface area (Å²) in [6.07, 6.45) is 0. The molecule has 0 rings (SSSR count). The van der Waals surface area contributed by atoms with Crippen molar-refractivity contribution >= 4 is 5.96 Å². The van der Waals surface area contributed by atoms with Crippen molar-refractivity contribution in [3.05, 3.63) is 0 Å². The molecule has 2 N–H and O–H groups in total. The third-order valence-electron chi connectivity index (χ3n) is 2.05. The normalized spacial score (nSPS) is 12.6. The molecule has 0 aromatic carbocycles. The number of likely N-dealkylation sites (N-methyl/N-ethyl adjacent to an activating group) is 1. The third-order valence-corrected chi connectivity index (χ3v) is 2.05. The first-order valence-electron chi connectivity index (χ1n) is 5.67. The Morgan fingerprint density at radius 3 is 2.27 bits per heavy atom. The van der Waals surface area contributed by atoms with Crippen molar-refractivity contribution in [2.75, 3.05) is 40.3 Å². The highest BCUT2D eigenvalue weighted by Gasteiger charge is 2.09. The Balaban J connectivity index is 4.23. The third kappa shape index (κ3) is 7.19. The summed E-state index contributed by atoms with van der Waals surface area (Å²) in [5.74, 6) is 1.28. The quantitative estimate of drug-likeness (QED) is 0.526. The SMILES string of the molecule is CCN=C(N)N(CCN(C)C)CC(C)C. The van der Waals surface area contributed by atoms with Crippen molar-refractivity contribution in [1.82, 2.24) is 9.80 Å². The highest BCUT2D eigenvalue weighted by atomic mass is 15.3. The summed E-state index contributed by atoms with van der Waals surface area (Å²) in [5, 5.41) is 0. The predicted octanol–water partition coefficient (Wildman–Crippen LogP) is 0.841. The number of nitrogens with two attached hydrogens (primary N) is 1. The summed E-state index contributed by atoms with van der Waals surface area (Å²) >= 11 is 0. The van der Waals surface area contributed by atoms with Gasteiger partial charge in [-0.2, -0.15) is 0 Å². The maximum Gasteiger partial charge on any atom is 0.191 e. The van der Waals surface area contributed by atoms with E-state index in [4.69, 9.17) is 5.73 Å². The number of rotatable bonds is 6. The van der Waals surface area contributed by atoms with E-state index in [1.54, 1.807) is 0 Å². The second-order valence-electron chi connectivity index (χ2n) is 4.48. The van der Waals surface area contributed by atoms with E-state index in [9.17, 15) is 0 Å². The molecule has 0 aromatic heterocycles. The van der Waals surface area contributed by atoms with E-state index < -0.39 is 0 Å². The largest absolute Gasteiger partial charge is 0.370 e. The molecule has 0 atom stereocenters. The molecule has 0 saturated heterocycles. The van der Waals surface area contributed by atoms with Crippen LogP contribution in [0.5, 0.6) is 0 Å². The van der Waals surface area contributed by atoms with Gasteiger partial charge in [-0.25, -0.2) is 0 Å². The standard InChI is InChI=1S/C11H26N4/c1-6-13-11(12)15(9-10(2)3)8-7-14(4)5/h10H,6-9H2,1-5H3,(H2,12,13). The van der Waals surface area contributed by atoms with Crippen LogP contribution in [0.3, 0.4) is 0 Å². The van der Waals surface area contributed by atoms with Gasteiger partial charge >= 0.3 is 0 Å². The Morgan fingerprint density at radius 1 is 1.27 bits per heavy atom. The molecule has 0 saturated carbocycles. The van der Waals surface area contributed by atoms with Crippen LogP contribution in [0.25, 0.3) is 0 Å².